The first-order valence-electron chi connectivity index (χ1n) is 7.96. The van der Waals surface area contributed by atoms with Crippen LogP contribution in [0.5, 0.6) is 0 Å². The van der Waals surface area contributed by atoms with Crippen molar-refractivity contribution in [1.29, 1.82) is 0 Å². The van der Waals surface area contributed by atoms with E-state index in [0.29, 0.717) is 10.3 Å². The predicted molar refractivity (Wildman–Crippen MR) is 103 cm³/mol. The minimum atomic E-state index is 0.623. The van der Waals surface area contributed by atoms with E-state index in [2.05, 4.69) is 45.2 Å². The molecule has 5 nitrogen and oxygen atoms in total. The molecule has 1 aromatic carbocycles. The molecule has 0 saturated heterocycles. The van der Waals surface area contributed by atoms with Crippen LogP contribution in [0.4, 0.5) is 10.3 Å². The Bertz CT molecular complexity index is 870. The van der Waals surface area contributed by atoms with Crippen molar-refractivity contribution in [3.05, 3.63) is 40.4 Å². The molecule has 0 fully saturated rings. The van der Waals surface area contributed by atoms with E-state index in [0.717, 1.165) is 48.3 Å². The van der Waals surface area contributed by atoms with Gasteiger partial charge < -0.3 is 11.5 Å². The molecule has 0 amide bonds. The molecular formula is C17H19N5S2. The van der Waals surface area contributed by atoms with Crippen molar-refractivity contribution >= 4 is 49.2 Å². The van der Waals surface area contributed by atoms with Gasteiger partial charge in [-0.15, -0.1) is 11.3 Å². The van der Waals surface area contributed by atoms with E-state index >= 15 is 0 Å². The fourth-order valence-corrected chi connectivity index (χ4v) is 4.60. The number of thiazole rings is 2. The lowest BCUT2D eigenvalue weighted by atomic mass is 10.2. The summed E-state index contributed by atoms with van der Waals surface area (Å²) < 4.78 is 1.13. The van der Waals surface area contributed by atoms with Crippen LogP contribution < -0.4 is 11.5 Å². The van der Waals surface area contributed by atoms with E-state index < -0.39 is 0 Å². The average molecular weight is 358 g/mol. The molecule has 3 aromatic rings. The van der Waals surface area contributed by atoms with Crippen LogP contribution in [0.3, 0.4) is 0 Å². The summed E-state index contributed by atoms with van der Waals surface area (Å²) in [6.45, 7) is 3.03. The number of anilines is 2. The van der Waals surface area contributed by atoms with Crippen molar-refractivity contribution < 1.29 is 0 Å². The minimum absolute atomic E-state index is 0.623. The summed E-state index contributed by atoms with van der Waals surface area (Å²) in [5.41, 5.74) is 14.9. The average Bonchev–Trinajstić information content (AvgIpc) is 3.04. The molecular weight excluding hydrogens is 338 g/mol. The van der Waals surface area contributed by atoms with Crippen LogP contribution in [-0.2, 0) is 12.8 Å². The molecule has 0 aliphatic carbocycles. The third-order valence-electron chi connectivity index (χ3n) is 4.22. The summed E-state index contributed by atoms with van der Waals surface area (Å²) in [6, 6.07) is 6.29. The molecule has 0 spiro atoms. The van der Waals surface area contributed by atoms with E-state index in [1.54, 1.807) is 11.3 Å². The van der Waals surface area contributed by atoms with Gasteiger partial charge in [0.2, 0.25) is 0 Å². The topological polar surface area (TPSA) is 81.1 Å². The van der Waals surface area contributed by atoms with E-state index in [1.165, 1.54) is 21.9 Å². The van der Waals surface area contributed by atoms with Gasteiger partial charge >= 0.3 is 0 Å². The zero-order chi connectivity index (χ0) is 16.5. The van der Waals surface area contributed by atoms with E-state index in [1.807, 2.05) is 0 Å². The van der Waals surface area contributed by atoms with Crippen LogP contribution in [0, 0.1) is 0 Å². The van der Waals surface area contributed by atoms with Crippen molar-refractivity contribution in [2.45, 2.75) is 12.8 Å². The maximum Gasteiger partial charge on any atom is 0.181 e. The highest BCUT2D eigenvalue weighted by atomic mass is 32.1. The number of nitrogen functional groups attached to an aromatic ring is 2. The van der Waals surface area contributed by atoms with E-state index in [-0.39, 0.29) is 0 Å². The first-order valence-corrected chi connectivity index (χ1v) is 9.60. The Labute approximate surface area is 148 Å². The van der Waals surface area contributed by atoms with Crippen LogP contribution in [-0.4, -0.2) is 34.5 Å². The molecule has 0 saturated carbocycles. The monoisotopic (exact) mass is 357 g/mol. The van der Waals surface area contributed by atoms with E-state index in [4.69, 9.17) is 11.5 Å². The van der Waals surface area contributed by atoms with Gasteiger partial charge in [0.25, 0.3) is 0 Å². The summed E-state index contributed by atoms with van der Waals surface area (Å²) in [7, 11) is 0. The Kier molecular flexibility index (Phi) is 4.22. The lowest BCUT2D eigenvalue weighted by molar-refractivity contribution is 0.318. The van der Waals surface area contributed by atoms with Crippen LogP contribution >= 0.6 is 22.7 Å². The van der Waals surface area contributed by atoms with Crippen molar-refractivity contribution in [2.75, 3.05) is 31.1 Å². The number of nitrogens with two attached hydrogens (primary N) is 2. The molecule has 0 unspecified atom stereocenters. The SMILES string of the molecule is Nc1nc2c(s1)CCN(CC=Cc1ccc3sc(N)nc3c1)CC2. The second-order valence-corrected chi connectivity index (χ2v) is 8.08. The second-order valence-electron chi connectivity index (χ2n) is 5.90. The smallest absolute Gasteiger partial charge is 0.181 e. The third kappa shape index (κ3) is 3.28. The molecule has 124 valence electrons. The van der Waals surface area contributed by atoms with Crippen molar-refractivity contribution in [3.63, 3.8) is 0 Å². The summed E-state index contributed by atoms with van der Waals surface area (Å²) in [5.74, 6) is 0. The first-order chi connectivity index (χ1) is 11.7. The third-order valence-corrected chi connectivity index (χ3v) is 6.07. The van der Waals surface area contributed by atoms with Gasteiger partial charge in [-0.05, 0) is 24.1 Å². The van der Waals surface area contributed by atoms with Gasteiger partial charge in [-0.2, -0.15) is 0 Å². The zero-order valence-electron chi connectivity index (χ0n) is 13.2. The van der Waals surface area contributed by atoms with Gasteiger partial charge in [0, 0.05) is 30.9 Å². The number of benzene rings is 1. The highest BCUT2D eigenvalue weighted by Crippen LogP contribution is 2.25. The number of nitrogens with zero attached hydrogens (tertiary/aromatic N) is 3. The predicted octanol–water partition coefficient (Wildman–Crippen LogP) is 3.03. The lowest BCUT2D eigenvalue weighted by Gasteiger charge is -2.17. The number of aromatic nitrogens is 2. The molecule has 4 rings (SSSR count). The van der Waals surface area contributed by atoms with Gasteiger partial charge in [-0.1, -0.05) is 29.6 Å². The molecule has 1 aliphatic heterocycles. The molecule has 0 bridgehead atoms. The molecule has 0 radical (unpaired) electrons. The highest BCUT2D eigenvalue weighted by Gasteiger charge is 2.16. The van der Waals surface area contributed by atoms with Crippen molar-refractivity contribution in [3.8, 4) is 0 Å². The Morgan fingerprint density at radius 2 is 1.92 bits per heavy atom. The molecule has 0 atom stereocenters. The van der Waals surface area contributed by atoms with E-state index in [9.17, 15) is 0 Å². The van der Waals surface area contributed by atoms with Gasteiger partial charge in [0.15, 0.2) is 10.3 Å². The maximum atomic E-state index is 5.80. The lowest BCUT2D eigenvalue weighted by Crippen LogP contribution is -2.26. The van der Waals surface area contributed by atoms with Crippen LogP contribution in [0.1, 0.15) is 16.1 Å². The number of hydrogen-bond donors (Lipinski definition) is 2. The molecule has 1 aliphatic rings. The Hall–Kier alpha value is -1.96. The van der Waals surface area contributed by atoms with Crippen molar-refractivity contribution in [1.82, 2.24) is 14.9 Å². The molecule has 7 heteroatoms. The quantitative estimate of drug-likeness (QED) is 0.753. The number of hydrogen-bond acceptors (Lipinski definition) is 7. The second kappa shape index (κ2) is 6.51. The standard InChI is InChI=1S/C17H19N5S2/c18-16-20-12-5-8-22(9-6-15(12)24-16)7-1-2-11-3-4-14-13(10-11)21-17(19)23-14/h1-4,10H,5-9H2,(H2,18,20)(H2,19,21). The molecule has 4 N–H and O–H groups in total. The van der Waals surface area contributed by atoms with Crippen molar-refractivity contribution in [2.24, 2.45) is 0 Å². The van der Waals surface area contributed by atoms with Gasteiger partial charge in [0.05, 0.1) is 15.9 Å². The Morgan fingerprint density at radius 1 is 1.08 bits per heavy atom. The molecule has 3 heterocycles. The molecule has 24 heavy (non-hydrogen) atoms. The number of fused-ring (bicyclic) bond motifs is 2. The zero-order valence-corrected chi connectivity index (χ0v) is 14.9. The Balaban J connectivity index is 1.39. The van der Waals surface area contributed by atoms with Crippen LogP contribution in [0.2, 0.25) is 0 Å². The van der Waals surface area contributed by atoms with Gasteiger partial charge in [-0.3, -0.25) is 4.90 Å². The minimum Gasteiger partial charge on any atom is -0.375 e. The Morgan fingerprint density at radius 3 is 2.83 bits per heavy atom. The largest absolute Gasteiger partial charge is 0.375 e. The first kappa shape index (κ1) is 15.6. The fourth-order valence-electron chi connectivity index (χ4n) is 3.02. The maximum absolute atomic E-state index is 5.80. The summed E-state index contributed by atoms with van der Waals surface area (Å²) in [4.78, 5) is 12.6. The molecule has 2 aromatic heterocycles. The summed E-state index contributed by atoms with van der Waals surface area (Å²) in [5, 5.41) is 1.32. The van der Waals surface area contributed by atoms with Gasteiger partial charge in [0.1, 0.15) is 0 Å². The fraction of sp³-hybridized carbons (Fsp3) is 0.294. The summed E-state index contributed by atoms with van der Waals surface area (Å²) >= 11 is 3.16. The summed E-state index contributed by atoms with van der Waals surface area (Å²) in [6.07, 6.45) is 6.41. The normalized spacial score (nSPS) is 15.8. The van der Waals surface area contributed by atoms with Crippen LogP contribution in [0.25, 0.3) is 16.3 Å². The highest BCUT2D eigenvalue weighted by molar-refractivity contribution is 7.22. The van der Waals surface area contributed by atoms with Gasteiger partial charge in [-0.25, -0.2) is 9.97 Å². The van der Waals surface area contributed by atoms with Crippen LogP contribution in [0.15, 0.2) is 24.3 Å². The number of rotatable bonds is 3.